The molecule has 0 atom stereocenters. The Bertz CT molecular complexity index is 751. The largest absolute Gasteiger partial charge is 0.478 e. The van der Waals surface area contributed by atoms with Crippen LogP contribution in [0.25, 0.3) is 0 Å². The van der Waals surface area contributed by atoms with Gasteiger partial charge in [-0.3, -0.25) is 4.79 Å². The molecule has 0 unspecified atom stereocenters. The molecule has 0 bridgehead atoms. The molecule has 0 fully saturated rings. The van der Waals surface area contributed by atoms with Crippen LogP contribution in [0.3, 0.4) is 0 Å². The number of carboxylic acids is 1. The number of nitrogens with zero attached hydrogens (tertiary/aromatic N) is 2. The highest BCUT2D eigenvalue weighted by Crippen LogP contribution is 2.30. The molecule has 0 spiro atoms. The number of fused-ring (bicyclic) bond motifs is 1. The predicted octanol–water partition coefficient (Wildman–Crippen LogP) is 2.69. The summed E-state index contributed by atoms with van der Waals surface area (Å²) in [7, 11) is 1.82. The lowest BCUT2D eigenvalue weighted by Crippen LogP contribution is -2.30. The molecule has 1 aliphatic heterocycles. The summed E-state index contributed by atoms with van der Waals surface area (Å²) in [6.07, 6.45) is 2.51. The van der Waals surface area contributed by atoms with Gasteiger partial charge in [0.1, 0.15) is 5.69 Å². The summed E-state index contributed by atoms with van der Waals surface area (Å²) in [6, 6.07) is 6.67. The summed E-state index contributed by atoms with van der Waals surface area (Å²) in [5, 5.41) is 9.02. The van der Waals surface area contributed by atoms with Gasteiger partial charge in [-0.25, -0.2) is 4.79 Å². The Hall–Kier alpha value is -2.08. The normalized spacial score (nSPS) is 13.3. The summed E-state index contributed by atoms with van der Waals surface area (Å²) in [5.41, 5.74) is 2.54. The number of aromatic carboxylic acids is 1. The monoisotopic (exact) mass is 348 g/mol. The van der Waals surface area contributed by atoms with E-state index >= 15 is 0 Å². The number of anilines is 1. The van der Waals surface area contributed by atoms with E-state index in [9.17, 15) is 9.59 Å². The van der Waals surface area contributed by atoms with Crippen molar-refractivity contribution in [3.8, 4) is 0 Å². The summed E-state index contributed by atoms with van der Waals surface area (Å²) < 4.78 is 2.63. The fraction of sp³-hybridized carbons (Fsp3) is 0.200. The Kier molecular flexibility index (Phi) is 3.33. The van der Waals surface area contributed by atoms with Gasteiger partial charge in [0.2, 0.25) is 0 Å². The first-order valence-electron chi connectivity index (χ1n) is 6.47. The van der Waals surface area contributed by atoms with Gasteiger partial charge < -0.3 is 14.6 Å². The van der Waals surface area contributed by atoms with Gasteiger partial charge in [0.15, 0.2) is 0 Å². The maximum Gasteiger partial charge on any atom is 0.335 e. The van der Waals surface area contributed by atoms with E-state index in [4.69, 9.17) is 5.11 Å². The average Bonchev–Trinajstić information content (AvgIpc) is 3.00. The minimum Gasteiger partial charge on any atom is -0.478 e. The Labute approximate surface area is 129 Å². The Morgan fingerprint density at radius 2 is 2.05 bits per heavy atom. The van der Waals surface area contributed by atoms with E-state index in [2.05, 4.69) is 15.9 Å². The van der Waals surface area contributed by atoms with E-state index in [0.717, 1.165) is 15.7 Å². The lowest BCUT2D eigenvalue weighted by molar-refractivity contribution is 0.0696. The molecular formula is C15H13BrN2O3. The molecule has 1 N–H and O–H groups in total. The third kappa shape index (κ3) is 2.35. The second-order valence-corrected chi connectivity index (χ2v) is 5.93. The molecule has 108 valence electrons. The lowest BCUT2D eigenvalue weighted by atomic mass is 10.1. The molecule has 2 aromatic rings. The number of aryl methyl sites for hydroxylation is 1. The highest BCUT2D eigenvalue weighted by molar-refractivity contribution is 9.10. The third-order valence-electron chi connectivity index (χ3n) is 3.66. The quantitative estimate of drug-likeness (QED) is 0.907. The van der Waals surface area contributed by atoms with Crippen LogP contribution in [0.4, 0.5) is 5.69 Å². The van der Waals surface area contributed by atoms with Crippen LogP contribution in [0, 0.1) is 0 Å². The number of hydrogen-bond donors (Lipinski definition) is 1. The molecule has 2 heterocycles. The van der Waals surface area contributed by atoms with Crippen molar-refractivity contribution in [1.82, 2.24) is 4.57 Å². The average molecular weight is 349 g/mol. The summed E-state index contributed by atoms with van der Waals surface area (Å²) >= 11 is 3.36. The zero-order chi connectivity index (χ0) is 15.1. The van der Waals surface area contributed by atoms with E-state index in [-0.39, 0.29) is 11.5 Å². The van der Waals surface area contributed by atoms with Gasteiger partial charge in [0, 0.05) is 29.9 Å². The smallest absolute Gasteiger partial charge is 0.335 e. The molecule has 1 aromatic carbocycles. The fourth-order valence-corrected chi connectivity index (χ4v) is 3.14. The number of aromatic nitrogens is 1. The van der Waals surface area contributed by atoms with E-state index in [0.29, 0.717) is 18.7 Å². The first-order valence-corrected chi connectivity index (χ1v) is 7.26. The second kappa shape index (κ2) is 5.04. The lowest BCUT2D eigenvalue weighted by Gasteiger charge is -2.17. The first-order chi connectivity index (χ1) is 9.97. The molecule has 6 heteroatoms. The highest BCUT2D eigenvalue weighted by Gasteiger charge is 2.27. The fourth-order valence-electron chi connectivity index (χ4n) is 2.62. The van der Waals surface area contributed by atoms with Crippen LogP contribution in [-0.2, 0) is 13.5 Å². The molecule has 1 amide bonds. The van der Waals surface area contributed by atoms with Gasteiger partial charge in [-0.1, -0.05) is 0 Å². The number of hydrogen-bond acceptors (Lipinski definition) is 2. The molecule has 1 aromatic heterocycles. The van der Waals surface area contributed by atoms with Crippen molar-refractivity contribution >= 4 is 33.5 Å². The van der Waals surface area contributed by atoms with E-state index in [1.165, 1.54) is 6.07 Å². The number of benzene rings is 1. The van der Waals surface area contributed by atoms with Crippen molar-refractivity contribution in [3.05, 3.63) is 51.8 Å². The van der Waals surface area contributed by atoms with Gasteiger partial charge in [-0.15, -0.1) is 0 Å². The van der Waals surface area contributed by atoms with Gasteiger partial charge in [0.25, 0.3) is 5.91 Å². The van der Waals surface area contributed by atoms with Crippen LogP contribution in [0.2, 0.25) is 0 Å². The number of carboxylic acid groups (broad SMARTS) is 1. The first kappa shape index (κ1) is 13.9. The molecule has 5 nitrogen and oxygen atoms in total. The van der Waals surface area contributed by atoms with Gasteiger partial charge in [-0.05, 0) is 52.2 Å². The molecule has 0 saturated carbocycles. The van der Waals surface area contributed by atoms with Crippen LogP contribution >= 0.6 is 15.9 Å². The molecule has 0 aliphatic carbocycles. The predicted molar refractivity (Wildman–Crippen MR) is 81.9 cm³/mol. The number of rotatable bonds is 2. The Morgan fingerprint density at radius 3 is 2.67 bits per heavy atom. The summed E-state index contributed by atoms with van der Waals surface area (Å²) in [6.45, 7) is 0.569. The zero-order valence-corrected chi connectivity index (χ0v) is 12.9. The van der Waals surface area contributed by atoms with Crippen LogP contribution in [0.5, 0.6) is 0 Å². The van der Waals surface area contributed by atoms with Gasteiger partial charge >= 0.3 is 5.97 Å². The van der Waals surface area contributed by atoms with E-state index in [1.807, 2.05) is 13.2 Å². The molecule has 1 aliphatic rings. The van der Waals surface area contributed by atoms with Crippen molar-refractivity contribution in [1.29, 1.82) is 0 Å². The minimum atomic E-state index is -0.950. The number of halogens is 1. The second-order valence-electron chi connectivity index (χ2n) is 5.01. The summed E-state index contributed by atoms with van der Waals surface area (Å²) in [4.78, 5) is 25.3. The van der Waals surface area contributed by atoms with Gasteiger partial charge in [0.05, 0.1) is 5.56 Å². The summed E-state index contributed by atoms with van der Waals surface area (Å²) in [5.74, 6) is -1.03. The van der Waals surface area contributed by atoms with Crippen LogP contribution < -0.4 is 4.90 Å². The molecule has 3 rings (SSSR count). The maximum absolute atomic E-state index is 12.6. The van der Waals surface area contributed by atoms with Crippen LogP contribution in [0.1, 0.15) is 26.4 Å². The third-order valence-corrected chi connectivity index (χ3v) is 4.09. The standard InChI is InChI=1S/C15H13BrN2O3/c1-17-8-11(16)7-13(17)14(19)18-5-4-9-6-10(15(20)21)2-3-12(9)18/h2-3,6-8H,4-5H2,1H3,(H,20,21). The highest BCUT2D eigenvalue weighted by atomic mass is 79.9. The van der Waals surface area contributed by atoms with Crippen molar-refractivity contribution in [2.75, 3.05) is 11.4 Å². The molecule has 21 heavy (non-hydrogen) atoms. The van der Waals surface area contributed by atoms with Gasteiger partial charge in [-0.2, -0.15) is 0 Å². The number of carbonyl (C=O) groups is 2. The zero-order valence-electron chi connectivity index (χ0n) is 11.3. The van der Waals surface area contributed by atoms with Crippen LogP contribution in [0.15, 0.2) is 34.9 Å². The SMILES string of the molecule is Cn1cc(Br)cc1C(=O)N1CCc2cc(C(=O)O)ccc21. The van der Waals surface area contributed by atoms with Crippen molar-refractivity contribution < 1.29 is 14.7 Å². The van der Waals surface area contributed by atoms with E-state index < -0.39 is 5.97 Å². The van der Waals surface area contributed by atoms with Crippen LogP contribution in [-0.4, -0.2) is 28.1 Å². The number of carbonyl (C=O) groups excluding carboxylic acids is 1. The maximum atomic E-state index is 12.6. The Morgan fingerprint density at radius 1 is 1.29 bits per heavy atom. The molecular weight excluding hydrogens is 336 g/mol. The molecule has 0 radical (unpaired) electrons. The minimum absolute atomic E-state index is 0.0787. The Balaban J connectivity index is 1.96. The topological polar surface area (TPSA) is 62.5 Å². The van der Waals surface area contributed by atoms with E-state index in [1.54, 1.807) is 27.7 Å². The van der Waals surface area contributed by atoms with Crippen molar-refractivity contribution in [3.63, 3.8) is 0 Å². The molecule has 0 saturated heterocycles. The van der Waals surface area contributed by atoms with Crippen molar-refractivity contribution in [2.45, 2.75) is 6.42 Å². The van der Waals surface area contributed by atoms with Crippen molar-refractivity contribution in [2.24, 2.45) is 7.05 Å². The number of amides is 1.